The highest BCUT2D eigenvalue weighted by Crippen LogP contribution is 2.44. The maximum atomic E-state index is 12.2. The fourth-order valence-electron chi connectivity index (χ4n) is 5.09. The van der Waals surface area contributed by atoms with Crippen molar-refractivity contribution < 1.29 is 14.3 Å². The molecule has 5 aromatic rings. The molecule has 198 valence electrons. The average molecular weight is 528 g/mol. The summed E-state index contributed by atoms with van der Waals surface area (Å²) in [6.07, 6.45) is 1.12. The van der Waals surface area contributed by atoms with Crippen LogP contribution in [-0.4, -0.2) is 29.2 Å². The van der Waals surface area contributed by atoms with Gasteiger partial charge in [-0.3, -0.25) is 0 Å². The third kappa shape index (κ3) is 5.28. The van der Waals surface area contributed by atoms with Gasteiger partial charge >= 0.3 is 5.97 Å². The number of hydrogen-bond donors (Lipinski definition) is 1. The van der Waals surface area contributed by atoms with Gasteiger partial charge in [0.15, 0.2) is 0 Å². The lowest BCUT2D eigenvalue weighted by molar-refractivity contribution is -0.149. The summed E-state index contributed by atoms with van der Waals surface area (Å²) in [6, 6.07) is 40.1. The predicted molar refractivity (Wildman–Crippen MR) is 152 cm³/mol. The number of nitrogens with one attached hydrogen (secondary N) is 1. The van der Waals surface area contributed by atoms with E-state index >= 15 is 0 Å². The Morgan fingerprint density at radius 1 is 0.850 bits per heavy atom. The molecule has 4 aromatic carbocycles. The Kier molecular flexibility index (Phi) is 8.15. The minimum Gasteiger partial charge on any atom is -0.464 e. The molecule has 0 radical (unpaired) electrons. The van der Waals surface area contributed by atoms with E-state index in [0.29, 0.717) is 17.1 Å². The molecular weight excluding hydrogens is 498 g/mol. The molecular formula is C34H29N3O3. The second-order valence-corrected chi connectivity index (χ2v) is 9.27. The Morgan fingerprint density at radius 2 is 1.38 bits per heavy atom. The number of carbonyl (C=O) groups excluding carboxylic acids is 1. The summed E-state index contributed by atoms with van der Waals surface area (Å²) in [4.78, 5) is 20.8. The van der Waals surface area contributed by atoms with Crippen LogP contribution < -0.4 is 0 Å². The van der Waals surface area contributed by atoms with Crippen molar-refractivity contribution in [2.24, 2.45) is 0 Å². The van der Waals surface area contributed by atoms with E-state index in [4.69, 9.17) is 14.5 Å². The number of imidazole rings is 1. The summed E-state index contributed by atoms with van der Waals surface area (Å²) in [5, 5.41) is 9.28. The van der Waals surface area contributed by atoms with Crippen molar-refractivity contribution in [1.82, 2.24) is 9.97 Å². The minimum absolute atomic E-state index is 0.228. The number of esters is 1. The molecule has 1 unspecified atom stereocenters. The van der Waals surface area contributed by atoms with E-state index in [9.17, 15) is 10.1 Å². The summed E-state index contributed by atoms with van der Waals surface area (Å²) in [7, 11) is 0. The number of aromatic nitrogens is 2. The molecule has 0 spiro atoms. The van der Waals surface area contributed by atoms with Gasteiger partial charge in [0, 0.05) is 0 Å². The third-order valence-corrected chi connectivity index (χ3v) is 6.87. The van der Waals surface area contributed by atoms with Crippen molar-refractivity contribution in [2.45, 2.75) is 18.4 Å². The molecule has 5 rings (SSSR count). The van der Waals surface area contributed by atoms with E-state index < -0.39 is 17.5 Å². The molecule has 0 bridgehead atoms. The van der Waals surface area contributed by atoms with Gasteiger partial charge in [0.2, 0.25) is 0 Å². The Morgan fingerprint density at radius 3 is 1.85 bits per heavy atom. The van der Waals surface area contributed by atoms with E-state index in [1.165, 1.54) is 0 Å². The smallest absolute Gasteiger partial charge is 0.332 e. The molecule has 0 aliphatic rings. The fraction of sp³-hybridized carbons (Fsp3) is 0.147. The van der Waals surface area contributed by atoms with E-state index in [1.54, 1.807) is 25.3 Å². The first-order chi connectivity index (χ1) is 19.7. The first kappa shape index (κ1) is 26.6. The highest BCUT2D eigenvalue weighted by atomic mass is 16.6. The van der Waals surface area contributed by atoms with Crippen LogP contribution in [0.5, 0.6) is 0 Å². The average Bonchev–Trinajstić information content (AvgIpc) is 3.50. The third-order valence-electron chi connectivity index (χ3n) is 6.87. The number of rotatable bonds is 10. The van der Waals surface area contributed by atoms with Gasteiger partial charge in [0.1, 0.15) is 24.0 Å². The van der Waals surface area contributed by atoms with Crippen LogP contribution in [0.15, 0.2) is 121 Å². The number of H-pyrrole nitrogens is 1. The Bertz CT molecular complexity index is 1480. The zero-order chi connectivity index (χ0) is 27.8. The van der Waals surface area contributed by atoms with E-state index in [1.807, 2.05) is 66.7 Å². The van der Waals surface area contributed by atoms with Gasteiger partial charge in [-0.2, -0.15) is 5.26 Å². The van der Waals surface area contributed by atoms with Gasteiger partial charge in [0.05, 0.1) is 30.1 Å². The van der Waals surface area contributed by atoms with Crippen LogP contribution in [0.1, 0.15) is 52.4 Å². The van der Waals surface area contributed by atoms with Crippen molar-refractivity contribution in [3.63, 3.8) is 0 Å². The Hall–Kier alpha value is -4.99. The second kappa shape index (κ2) is 12.2. The van der Waals surface area contributed by atoms with E-state index in [2.05, 4.69) is 47.5 Å². The van der Waals surface area contributed by atoms with Gasteiger partial charge in [-0.15, -0.1) is 0 Å². The zero-order valence-electron chi connectivity index (χ0n) is 22.2. The molecule has 40 heavy (non-hydrogen) atoms. The summed E-state index contributed by atoms with van der Waals surface area (Å²) in [5.41, 5.74) is 4.40. The zero-order valence-corrected chi connectivity index (χ0v) is 22.2. The Balaban J connectivity index is 1.67. The summed E-state index contributed by atoms with van der Waals surface area (Å²) >= 11 is 0. The van der Waals surface area contributed by atoms with Gasteiger partial charge in [0.25, 0.3) is 0 Å². The summed E-state index contributed by atoms with van der Waals surface area (Å²) < 4.78 is 11.2. The molecule has 6 nitrogen and oxygen atoms in total. The fourth-order valence-corrected chi connectivity index (χ4v) is 5.09. The Labute approximate surface area is 233 Å². The first-order valence-electron chi connectivity index (χ1n) is 13.2. The molecule has 1 atom stereocenters. The molecule has 0 saturated heterocycles. The maximum absolute atomic E-state index is 12.2. The van der Waals surface area contributed by atoms with Crippen LogP contribution in [0, 0.1) is 11.3 Å². The largest absolute Gasteiger partial charge is 0.464 e. The molecule has 1 N–H and O–H groups in total. The highest BCUT2D eigenvalue weighted by Gasteiger charge is 2.41. The monoisotopic (exact) mass is 527 g/mol. The summed E-state index contributed by atoms with van der Waals surface area (Å²) in [6.45, 7) is 1.80. The van der Waals surface area contributed by atoms with Crippen molar-refractivity contribution >= 4 is 5.97 Å². The van der Waals surface area contributed by atoms with Crippen LogP contribution in [0.25, 0.3) is 0 Å². The van der Waals surface area contributed by atoms with Gasteiger partial charge in [-0.1, -0.05) is 103 Å². The number of nitriles is 1. The second-order valence-electron chi connectivity index (χ2n) is 9.27. The lowest BCUT2D eigenvalue weighted by atomic mass is 9.69. The van der Waals surface area contributed by atoms with Crippen LogP contribution in [0.3, 0.4) is 0 Å². The molecule has 0 saturated carbocycles. The van der Waals surface area contributed by atoms with Crippen molar-refractivity contribution in [1.29, 1.82) is 5.26 Å². The number of nitrogens with zero attached hydrogens (tertiary/aromatic N) is 2. The van der Waals surface area contributed by atoms with Gasteiger partial charge in [-0.25, -0.2) is 9.78 Å². The summed E-state index contributed by atoms with van der Waals surface area (Å²) in [5.74, 6) is 0.262. The highest BCUT2D eigenvalue weighted by molar-refractivity contribution is 5.70. The molecule has 0 aliphatic carbocycles. The van der Waals surface area contributed by atoms with Crippen molar-refractivity contribution in [3.8, 4) is 6.07 Å². The SMILES string of the molecule is CCOC(=O)COC(c1ccc(C#N)cc1)c1cnc(C(c2ccccc2)(c2ccccc2)c2ccccc2)[nH]1. The first-order valence-corrected chi connectivity index (χ1v) is 13.2. The van der Waals surface area contributed by atoms with E-state index in [-0.39, 0.29) is 13.2 Å². The molecule has 0 fully saturated rings. The number of benzene rings is 4. The normalized spacial score (nSPS) is 11.9. The number of ether oxygens (including phenoxy) is 2. The lowest BCUT2D eigenvalue weighted by Gasteiger charge is -2.34. The predicted octanol–water partition coefficient (Wildman–Crippen LogP) is 6.33. The minimum atomic E-state index is -0.752. The molecule has 6 heteroatoms. The molecule has 0 amide bonds. The molecule has 1 heterocycles. The quantitative estimate of drug-likeness (QED) is 0.169. The number of carbonyl (C=O) groups is 1. The topological polar surface area (TPSA) is 88.0 Å². The number of hydrogen-bond acceptors (Lipinski definition) is 5. The standard InChI is InChI=1S/C34H29N3O3/c1-2-39-31(38)24-40-32(26-20-18-25(22-35)19-21-26)30-23-36-33(37-30)34(27-12-6-3-7-13-27,28-14-8-4-9-15-28)29-16-10-5-11-17-29/h3-21,23,32H,2,24H2,1H3,(H,36,37). The van der Waals surface area contributed by atoms with E-state index in [0.717, 1.165) is 22.3 Å². The van der Waals surface area contributed by atoms with Crippen LogP contribution >= 0.6 is 0 Å². The van der Waals surface area contributed by atoms with Gasteiger partial charge in [-0.05, 0) is 41.3 Å². The maximum Gasteiger partial charge on any atom is 0.332 e. The van der Waals surface area contributed by atoms with Crippen LogP contribution in [-0.2, 0) is 19.7 Å². The molecule has 1 aromatic heterocycles. The van der Waals surface area contributed by atoms with Crippen LogP contribution in [0.4, 0.5) is 0 Å². The van der Waals surface area contributed by atoms with Crippen molar-refractivity contribution in [3.05, 3.63) is 161 Å². The van der Waals surface area contributed by atoms with Crippen molar-refractivity contribution in [2.75, 3.05) is 13.2 Å². The molecule has 0 aliphatic heterocycles. The van der Waals surface area contributed by atoms with Gasteiger partial charge < -0.3 is 14.5 Å². The van der Waals surface area contributed by atoms with Crippen LogP contribution in [0.2, 0.25) is 0 Å². The number of aromatic amines is 1. The lowest BCUT2D eigenvalue weighted by Crippen LogP contribution is -2.32.